The van der Waals surface area contributed by atoms with Crippen LogP contribution in [-0.4, -0.2) is 25.1 Å². The van der Waals surface area contributed by atoms with Crippen LogP contribution in [-0.2, 0) is 12.0 Å². The lowest BCUT2D eigenvalue weighted by Gasteiger charge is -2.13. The van der Waals surface area contributed by atoms with Gasteiger partial charge in [0.2, 0.25) is 0 Å². The second-order valence-electron chi connectivity index (χ2n) is 5.41. The van der Waals surface area contributed by atoms with Crippen LogP contribution in [0.5, 0.6) is 0 Å². The molecule has 98 valence electrons. The van der Waals surface area contributed by atoms with Gasteiger partial charge in [0.05, 0.1) is 29.5 Å². The van der Waals surface area contributed by atoms with Crippen molar-refractivity contribution >= 4 is 11.3 Å². The number of hydrogen-bond donors (Lipinski definition) is 1. The molecule has 2 rings (SSSR count). The highest BCUT2D eigenvalue weighted by Crippen LogP contribution is 2.25. The molecule has 1 unspecified atom stereocenters. The average molecular weight is 266 g/mol. The van der Waals surface area contributed by atoms with E-state index < -0.39 is 6.10 Å². The van der Waals surface area contributed by atoms with Crippen molar-refractivity contribution in [2.24, 2.45) is 0 Å². The van der Waals surface area contributed by atoms with E-state index in [1.54, 1.807) is 29.1 Å². The normalized spacial score (nSPS) is 13.8. The number of aliphatic hydroxyl groups excluding tert-OH is 1. The average Bonchev–Trinajstić information content (AvgIpc) is 2.85. The van der Waals surface area contributed by atoms with Gasteiger partial charge in [-0.05, 0) is 6.92 Å². The molecule has 0 aliphatic carbocycles. The van der Waals surface area contributed by atoms with Gasteiger partial charge in [0.25, 0.3) is 0 Å². The molecule has 18 heavy (non-hydrogen) atoms. The van der Waals surface area contributed by atoms with E-state index in [2.05, 4.69) is 36.1 Å². The van der Waals surface area contributed by atoms with Crippen LogP contribution in [0.2, 0.25) is 0 Å². The largest absolute Gasteiger partial charge is 0.387 e. The minimum atomic E-state index is -0.584. The molecule has 0 saturated heterocycles. The third-order valence-corrected chi connectivity index (χ3v) is 3.82. The first-order chi connectivity index (χ1) is 8.36. The molecular formula is C12H18N4OS. The van der Waals surface area contributed by atoms with Gasteiger partial charge < -0.3 is 5.11 Å². The molecule has 0 aliphatic heterocycles. The molecular weight excluding hydrogens is 248 g/mol. The van der Waals surface area contributed by atoms with Crippen LogP contribution < -0.4 is 0 Å². The summed E-state index contributed by atoms with van der Waals surface area (Å²) in [6, 6.07) is 0. The number of thiazole rings is 1. The number of nitrogens with zero attached hydrogens (tertiary/aromatic N) is 4. The summed E-state index contributed by atoms with van der Waals surface area (Å²) in [5.74, 6) is 0. The minimum absolute atomic E-state index is 0.0794. The van der Waals surface area contributed by atoms with Crippen molar-refractivity contribution in [2.45, 2.75) is 45.8 Å². The molecule has 6 heteroatoms. The molecule has 1 atom stereocenters. The van der Waals surface area contributed by atoms with Crippen LogP contribution in [0.3, 0.4) is 0 Å². The molecule has 5 nitrogen and oxygen atoms in total. The fourth-order valence-electron chi connectivity index (χ4n) is 1.47. The Kier molecular flexibility index (Phi) is 3.49. The van der Waals surface area contributed by atoms with Crippen molar-refractivity contribution in [3.63, 3.8) is 0 Å². The smallest absolute Gasteiger partial charge is 0.111 e. The van der Waals surface area contributed by atoms with Gasteiger partial charge >= 0.3 is 0 Å². The zero-order valence-corrected chi connectivity index (χ0v) is 11.9. The van der Waals surface area contributed by atoms with E-state index in [4.69, 9.17) is 0 Å². The monoisotopic (exact) mass is 266 g/mol. The van der Waals surface area contributed by atoms with Crippen molar-refractivity contribution in [1.29, 1.82) is 0 Å². The van der Waals surface area contributed by atoms with Crippen LogP contribution >= 0.6 is 11.3 Å². The molecule has 2 heterocycles. The molecule has 0 fully saturated rings. The van der Waals surface area contributed by atoms with Gasteiger partial charge in [-0.25, -0.2) is 9.67 Å². The van der Waals surface area contributed by atoms with Gasteiger partial charge in [0.1, 0.15) is 5.69 Å². The first-order valence-electron chi connectivity index (χ1n) is 5.89. The van der Waals surface area contributed by atoms with Crippen LogP contribution in [0.4, 0.5) is 0 Å². The molecule has 2 aromatic heterocycles. The second kappa shape index (κ2) is 4.78. The van der Waals surface area contributed by atoms with E-state index in [0.717, 1.165) is 10.7 Å². The summed E-state index contributed by atoms with van der Waals surface area (Å²) in [4.78, 5) is 4.60. The van der Waals surface area contributed by atoms with E-state index in [9.17, 15) is 5.11 Å². The Morgan fingerprint density at radius 3 is 2.67 bits per heavy atom. The summed E-state index contributed by atoms with van der Waals surface area (Å²) in [5, 5.41) is 20.4. The highest BCUT2D eigenvalue weighted by Gasteiger charge is 2.18. The van der Waals surface area contributed by atoms with E-state index in [1.165, 1.54) is 0 Å². The Hall–Kier alpha value is -1.27. The van der Waals surface area contributed by atoms with Gasteiger partial charge in [-0.1, -0.05) is 26.0 Å². The zero-order valence-electron chi connectivity index (χ0n) is 11.1. The number of rotatable bonds is 3. The summed E-state index contributed by atoms with van der Waals surface area (Å²) in [6.45, 7) is 8.71. The minimum Gasteiger partial charge on any atom is -0.387 e. The summed E-state index contributed by atoms with van der Waals surface area (Å²) in [7, 11) is 0. The van der Waals surface area contributed by atoms with E-state index in [0.29, 0.717) is 12.2 Å². The maximum Gasteiger partial charge on any atom is 0.111 e. The van der Waals surface area contributed by atoms with Gasteiger partial charge in [0, 0.05) is 10.8 Å². The lowest BCUT2D eigenvalue weighted by atomic mass is 9.98. The predicted molar refractivity (Wildman–Crippen MR) is 70.6 cm³/mol. The van der Waals surface area contributed by atoms with Crippen molar-refractivity contribution in [3.05, 3.63) is 28.0 Å². The molecule has 0 amide bonds. The molecule has 0 aromatic carbocycles. The van der Waals surface area contributed by atoms with Crippen LogP contribution in [0.15, 0.2) is 11.6 Å². The summed E-state index contributed by atoms with van der Waals surface area (Å²) < 4.78 is 1.70. The maximum absolute atomic E-state index is 9.38. The summed E-state index contributed by atoms with van der Waals surface area (Å²) in [5.41, 5.74) is 1.64. The maximum atomic E-state index is 9.38. The Bertz CT molecular complexity index is 524. The van der Waals surface area contributed by atoms with E-state index in [1.807, 2.05) is 5.38 Å². The molecule has 1 N–H and O–H groups in total. The SMILES string of the molecule is CC(O)c1cn(Cc2csc(C(C)(C)C)n2)nn1. The van der Waals surface area contributed by atoms with E-state index >= 15 is 0 Å². The first-order valence-corrected chi connectivity index (χ1v) is 6.77. The molecule has 0 aliphatic rings. The molecule has 0 saturated carbocycles. The number of aliphatic hydroxyl groups is 1. The Balaban J connectivity index is 2.11. The van der Waals surface area contributed by atoms with Crippen molar-refractivity contribution < 1.29 is 5.11 Å². The Morgan fingerprint density at radius 2 is 2.17 bits per heavy atom. The first kappa shape index (κ1) is 13.2. The lowest BCUT2D eigenvalue weighted by molar-refractivity contribution is 0.194. The third kappa shape index (κ3) is 2.94. The van der Waals surface area contributed by atoms with Gasteiger partial charge in [0.15, 0.2) is 0 Å². The zero-order chi connectivity index (χ0) is 13.3. The quantitative estimate of drug-likeness (QED) is 0.924. The van der Waals surface area contributed by atoms with Crippen molar-refractivity contribution in [2.75, 3.05) is 0 Å². The van der Waals surface area contributed by atoms with Crippen molar-refractivity contribution in [3.8, 4) is 0 Å². The highest BCUT2D eigenvalue weighted by atomic mass is 32.1. The highest BCUT2D eigenvalue weighted by molar-refractivity contribution is 7.09. The number of aromatic nitrogens is 4. The predicted octanol–water partition coefficient (Wildman–Crippen LogP) is 2.13. The van der Waals surface area contributed by atoms with Crippen molar-refractivity contribution in [1.82, 2.24) is 20.0 Å². The number of hydrogen-bond acceptors (Lipinski definition) is 5. The molecule has 0 radical (unpaired) electrons. The molecule has 0 spiro atoms. The third-order valence-electron chi connectivity index (χ3n) is 2.50. The lowest BCUT2D eigenvalue weighted by Crippen LogP contribution is -2.11. The molecule has 0 bridgehead atoms. The fourth-order valence-corrected chi connectivity index (χ4v) is 2.37. The summed E-state index contributed by atoms with van der Waals surface area (Å²) in [6.07, 6.45) is 1.17. The molecule has 2 aromatic rings. The van der Waals surface area contributed by atoms with Crippen LogP contribution in [0.25, 0.3) is 0 Å². The van der Waals surface area contributed by atoms with Gasteiger partial charge in [-0.15, -0.1) is 16.4 Å². The topological polar surface area (TPSA) is 63.8 Å². The standard InChI is InChI=1S/C12H18N4OS/c1-8(17)10-6-16(15-14-10)5-9-7-18-11(13-9)12(2,3)4/h6-8,17H,5H2,1-4H3. The van der Waals surface area contributed by atoms with Crippen LogP contribution in [0, 0.1) is 0 Å². The Labute approximate surface area is 110 Å². The Morgan fingerprint density at radius 1 is 1.44 bits per heavy atom. The fraction of sp³-hybridized carbons (Fsp3) is 0.583. The van der Waals surface area contributed by atoms with Gasteiger partial charge in [-0.2, -0.15) is 0 Å². The second-order valence-corrected chi connectivity index (χ2v) is 6.27. The van der Waals surface area contributed by atoms with E-state index in [-0.39, 0.29) is 5.41 Å². The summed E-state index contributed by atoms with van der Waals surface area (Å²) >= 11 is 1.67. The van der Waals surface area contributed by atoms with Crippen LogP contribution in [0.1, 0.15) is 50.2 Å². The van der Waals surface area contributed by atoms with Gasteiger partial charge in [-0.3, -0.25) is 0 Å².